The molecular weight excluding hydrogens is 293 g/mol. The van der Waals surface area contributed by atoms with Crippen LogP contribution < -0.4 is 0 Å². The highest BCUT2D eigenvalue weighted by molar-refractivity contribution is 7.11. The highest BCUT2D eigenvalue weighted by Gasteiger charge is 2.44. The van der Waals surface area contributed by atoms with Gasteiger partial charge in [0.2, 0.25) is 0 Å². The van der Waals surface area contributed by atoms with E-state index in [2.05, 4.69) is 4.98 Å². The molecule has 1 atom stereocenters. The Bertz CT molecular complexity index is 481. The lowest BCUT2D eigenvalue weighted by atomic mass is 9.91. The zero-order valence-electron chi connectivity index (χ0n) is 10.9. The summed E-state index contributed by atoms with van der Waals surface area (Å²) in [5.74, 6) is -1.02. The molecule has 1 aromatic heterocycles. The molecule has 0 spiro atoms. The minimum atomic E-state index is -4.59. The average Bonchev–Trinajstić information content (AvgIpc) is 2.82. The van der Waals surface area contributed by atoms with Crippen LogP contribution in [0.4, 0.5) is 13.2 Å². The Kier molecular flexibility index (Phi) is 4.33. The lowest BCUT2D eigenvalue weighted by Gasteiger charge is -2.34. The zero-order valence-corrected chi connectivity index (χ0v) is 11.7. The quantitative estimate of drug-likeness (QED) is 0.911. The summed E-state index contributed by atoms with van der Waals surface area (Å²) in [5, 5.41) is 9.23. The number of rotatable bonds is 2. The number of alkyl halides is 3. The van der Waals surface area contributed by atoms with E-state index in [4.69, 9.17) is 0 Å². The smallest absolute Gasteiger partial charge is 0.383 e. The number of amides is 1. The van der Waals surface area contributed by atoms with Gasteiger partial charge in [-0.15, -0.1) is 11.3 Å². The van der Waals surface area contributed by atoms with Crippen LogP contribution in [0.25, 0.3) is 0 Å². The normalized spacial score (nSPS) is 19.1. The fourth-order valence-electron chi connectivity index (χ4n) is 2.34. The number of carbonyl (C=O) groups excluding carboxylic acids is 1. The molecule has 1 fully saturated rings. The second kappa shape index (κ2) is 5.69. The van der Waals surface area contributed by atoms with Crippen molar-refractivity contribution >= 4 is 17.2 Å². The Hall–Kier alpha value is -1.15. The minimum absolute atomic E-state index is 0.157. The van der Waals surface area contributed by atoms with E-state index in [1.165, 1.54) is 16.2 Å². The number of thiazole rings is 1. The van der Waals surface area contributed by atoms with Gasteiger partial charge in [-0.3, -0.25) is 4.79 Å². The predicted octanol–water partition coefficient (Wildman–Crippen LogP) is 2.23. The number of piperidine rings is 1. The van der Waals surface area contributed by atoms with Crippen LogP contribution in [0.3, 0.4) is 0 Å². The Morgan fingerprint density at radius 1 is 1.50 bits per heavy atom. The molecule has 2 rings (SSSR count). The van der Waals surface area contributed by atoms with Crippen molar-refractivity contribution in [3.63, 3.8) is 0 Å². The van der Waals surface area contributed by atoms with Crippen LogP contribution >= 0.6 is 11.3 Å². The second-order valence-electron chi connectivity index (χ2n) is 4.88. The molecule has 2 heterocycles. The van der Waals surface area contributed by atoms with Crippen molar-refractivity contribution in [1.82, 2.24) is 9.88 Å². The summed E-state index contributed by atoms with van der Waals surface area (Å²) >= 11 is 1.23. The second-order valence-corrected chi connectivity index (χ2v) is 5.74. The van der Waals surface area contributed by atoms with Crippen molar-refractivity contribution in [2.45, 2.75) is 32.0 Å². The van der Waals surface area contributed by atoms with Crippen molar-refractivity contribution in [2.24, 2.45) is 5.92 Å². The van der Waals surface area contributed by atoms with Gasteiger partial charge in [0.15, 0.2) is 6.10 Å². The Balaban J connectivity index is 1.95. The first-order valence-corrected chi connectivity index (χ1v) is 7.13. The third kappa shape index (κ3) is 3.12. The highest BCUT2D eigenvalue weighted by atomic mass is 32.1. The Labute approximate surface area is 118 Å². The molecule has 0 bridgehead atoms. The summed E-state index contributed by atoms with van der Waals surface area (Å²) in [6, 6.07) is 0. The number of nitrogens with zero attached hydrogens (tertiary/aromatic N) is 2. The fourth-order valence-corrected chi connectivity index (χ4v) is 3.11. The van der Waals surface area contributed by atoms with E-state index < -0.39 is 18.2 Å². The van der Waals surface area contributed by atoms with E-state index in [0.717, 1.165) is 0 Å². The van der Waals surface area contributed by atoms with E-state index in [1.807, 2.05) is 0 Å². The first kappa shape index (κ1) is 15.2. The van der Waals surface area contributed by atoms with Crippen molar-refractivity contribution in [3.8, 4) is 0 Å². The van der Waals surface area contributed by atoms with Crippen molar-refractivity contribution in [2.75, 3.05) is 13.1 Å². The van der Waals surface area contributed by atoms with Crippen molar-refractivity contribution in [3.05, 3.63) is 16.1 Å². The number of hydrogen-bond donors (Lipinski definition) is 1. The van der Waals surface area contributed by atoms with Gasteiger partial charge in [0.25, 0.3) is 5.91 Å². The van der Waals surface area contributed by atoms with Crippen LogP contribution in [-0.4, -0.2) is 46.3 Å². The third-order valence-electron chi connectivity index (χ3n) is 3.55. The number of aryl methyl sites for hydroxylation is 1. The third-order valence-corrected chi connectivity index (χ3v) is 4.47. The minimum Gasteiger partial charge on any atom is -0.383 e. The molecule has 1 N–H and O–H groups in total. The fraction of sp³-hybridized carbons (Fsp3) is 0.667. The van der Waals surface area contributed by atoms with Crippen LogP contribution in [0, 0.1) is 12.8 Å². The van der Waals surface area contributed by atoms with Crippen LogP contribution in [0.2, 0.25) is 0 Å². The lowest BCUT2D eigenvalue weighted by molar-refractivity contribution is -0.222. The number of aromatic nitrogens is 1. The topological polar surface area (TPSA) is 53.4 Å². The molecule has 1 aromatic rings. The maximum atomic E-state index is 12.4. The average molecular weight is 308 g/mol. The van der Waals surface area contributed by atoms with Gasteiger partial charge in [0.1, 0.15) is 4.88 Å². The molecule has 1 saturated heterocycles. The Morgan fingerprint density at radius 2 is 2.10 bits per heavy atom. The molecule has 112 valence electrons. The zero-order chi connectivity index (χ0) is 14.9. The van der Waals surface area contributed by atoms with Crippen LogP contribution in [0.1, 0.15) is 28.2 Å². The first-order chi connectivity index (χ1) is 9.30. The molecule has 20 heavy (non-hydrogen) atoms. The predicted molar refractivity (Wildman–Crippen MR) is 67.5 cm³/mol. The summed E-state index contributed by atoms with van der Waals surface area (Å²) in [4.78, 5) is 18.2. The summed E-state index contributed by atoms with van der Waals surface area (Å²) in [7, 11) is 0. The lowest BCUT2D eigenvalue weighted by Crippen LogP contribution is -2.45. The van der Waals surface area contributed by atoms with E-state index in [1.54, 1.807) is 12.4 Å². The number of aliphatic hydroxyl groups is 1. The van der Waals surface area contributed by atoms with E-state index in [9.17, 15) is 23.1 Å². The molecule has 1 aliphatic heterocycles. The molecule has 1 unspecified atom stereocenters. The first-order valence-electron chi connectivity index (χ1n) is 6.25. The molecule has 4 nitrogen and oxygen atoms in total. The molecule has 1 amide bonds. The summed E-state index contributed by atoms with van der Waals surface area (Å²) in [5.41, 5.74) is 2.21. The number of aliphatic hydroxyl groups excluding tert-OH is 1. The van der Waals surface area contributed by atoms with Crippen molar-refractivity contribution < 1.29 is 23.1 Å². The number of likely N-dealkylation sites (tertiary alicyclic amines) is 1. The maximum Gasteiger partial charge on any atom is 0.414 e. The van der Waals surface area contributed by atoms with E-state index >= 15 is 0 Å². The molecule has 0 aromatic carbocycles. The number of halogens is 3. The molecule has 0 aliphatic carbocycles. The van der Waals surface area contributed by atoms with Gasteiger partial charge in [0, 0.05) is 13.1 Å². The van der Waals surface area contributed by atoms with E-state index in [0.29, 0.717) is 10.6 Å². The number of hydrogen-bond acceptors (Lipinski definition) is 4. The molecule has 0 saturated carbocycles. The summed E-state index contributed by atoms with van der Waals surface area (Å²) < 4.78 is 37.3. The van der Waals surface area contributed by atoms with Gasteiger partial charge in [0.05, 0.1) is 11.2 Å². The molecule has 0 radical (unpaired) electrons. The standard InChI is InChI=1S/C12H15F3N2O2S/c1-7-9(20-6-16-7)11(19)17-4-2-8(3-5-17)10(18)12(13,14)15/h6,8,10,18H,2-5H2,1H3. The molecule has 1 aliphatic rings. The number of carbonyl (C=O) groups is 1. The maximum absolute atomic E-state index is 12.4. The van der Waals surface area contributed by atoms with Crippen LogP contribution in [-0.2, 0) is 0 Å². The summed E-state index contributed by atoms with van der Waals surface area (Å²) in [6.07, 6.45) is -6.58. The van der Waals surface area contributed by atoms with Crippen LogP contribution in [0.15, 0.2) is 5.51 Å². The molecule has 8 heteroatoms. The van der Waals surface area contributed by atoms with Gasteiger partial charge >= 0.3 is 6.18 Å². The molecular formula is C12H15F3N2O2S. The monoisotopic (exact) mass is 308 g/mol. The highest BCUT2D eigenvalue weighted by Crippen LogP contribution is 2.32. The SMILES string of the molecule is Cc1ncsc1C(=O)N1CCC(C(O)C(F)(F)F)CC1. The largest absolute Gasteiger partial charge is 0.414 e. The van der Waals surface area contributed by atoms with Crippen molar-refractivity contribution in [1.29, 1.82) is 0 Å². The van der Waals surface area contributed by atoms with Crippen LogP contribution in [0.5, 0.6) is 0 Å². The Morgan fingerprint density at radius 3 is 2.55 bits per heavy atom. The van der Waals surface area contributed by atoms with Gasteiger partial charge in [-0.25, -0.2) is 4.98 Å². The van der Waals surface area contributed by atoms with Gasteiger partial charge in [-0.1, -0.05) is 0 Å². The van der Waals surface area contributed by atoms with E-state index in [-0.39, 0.29) is 31.8 Å². The van der Waals surface area contributed by atoms with Gasteiger partial charge in [-0.05, 0) is 25.7 Å². The summed E-state index contributed by atoms with van der Waals surface area (Å²) in [6.45, 7) is 2.19. The van der Waals surface area contributed by atoms with Gasteiger partial charge in [-0.2, -0.15) is 13.2 Å². The van der Waals surface area contributed by atoms with Gasteiger partial charge < -0.3 is 10.0 Å².